The van der Waals surface area contributed by atoms with Gasteiger partial charge in [-0.05, 0) is 24.3 Å². The minimum absolute atomic E-state index is 0.0604. The Morgan fingerprint density at radius 2 is 1.93 bits per heavy atom. The second kappa shape index (κ2) is 7.06. The highest BCUT2D eigenvalue weighted by Gasteiger charge is 2.32. The first-order valence-electron chi connectivity index (χ1n) is 7.81. The number of nitro benzene ring substituents is 1. The molecule has 0 aliphatic heterocycles. The molecule has 3 rings (SSSR count). The fourth-order valence-electron chi connectivity index (χ4n) is 2.58. The fourth-order valence-corrected chi connectivity index (χ4v) is 2.58. The molecule has 0 fully saturated rings. The van der Waals surface area contributed by atoms with Crippen LogP contribution in [0.25, 0.3) is 10.9 Å². The van der Waals surface area contributed by atoms with Crippen LogP contribution in [-0.4, -0.2) is 21.0 Å². The van der Waals surface area contributed by atoms with Crippen molar-refractivity contribution in [2.75, 3.05) is 11.9 Å². The van der Waals surface area contributed by atoms with Crippen LogP contribution in [0.1, 0.15) is 5.56 Å². The third-order valence-electron chi connectivity index (χ3n) is 3.92. The molecule has 10 heteroatoms. The number of benzene rings is 2. The van der Waals surface area contributed by atoms with Gasteiger partial charge in [-0.2, -0.15) is 13.2 Å². The molecule has 0 aliphatic carbocycles. The highest BCUT2D eigenvalue weighted by atomic mass is 19.4. The lowest BCUT2D eigenvalue weighted by molar-refractivity contribution is -0.384. The van der Waals surface area contributed by atoms with Crippen LogP contribution in [-0.2, 0) is 12.7 Å². The lowest BCUT2D eigenvalue weighted by Crippen LogP contribution is -2.24. The molecule has 1 heterocycles. The molecule has 0 aliphatic rings. The van der Waals surface area contributed by atoms with Crippen molar-refractivity contribution in [2.45, 2.75) is 12.7 Å². The topological polar surface area (TPSA) is 90.1 Å². The molecule has 1 aromatic heterocycles. The summed E-state index contributed by atoms with van der Waals surface area (Å²) in [7, 11) is 0. The highest BCUT2D eigenvalue weighted by Crippen LogP contribution is 2.34. The summed E-state index contributed by atoms with van der Waals surface area (Å²) < 4.78 is 39.5. The van der Waals surface area contributed by atoms with Crippen LogP contribution in [0.4, 0.5) is 24.5 Å². The predicted molar refractivity (Wildman–Crippen MR) is 92.6 cm³/mol. The van der Waals surface area contributed by atoms with Crippen molar-refractivity contribution in [3.8, 4) is 0 Å². The zero-order chi connectivity index (χ0) is 19.6. The van der Waals surface area contributed by atoms with Gasteiger partial charge in [0.05, 0.1) is 27.7 Å². The molecule has 3 aromatic rings. The van der Waals surface area contributed by atoms with E-state index >= 15 is 0 Å². The SMILES string of the molecule is O=c1c2ccccc2ncn1CCNc1ccc(C(F)(F)F)cc1[N+](=O)[O-]. The molecular weight excluding hydrogens is 365 g/mol. The van der Waals surface area contributed by atoms with Crippen molar-refractivity contribution in [1.82, 2.24) is 9.55 Å². The maximum atomic E-state index is 12.7. The number of fused-ring (bicyclic) bond motifs is 1. The monoisotopic (exact) mass is 378 g/mol. The van der Waals surface area contributed by atoms with Crippen molar-refractivity contribution in [1.29, 1.82) is 0 Å². The zero-order valence-corrected chi connectivity index (χ0v) is 13.7. The second-order valence-corrected chi connectivity index (χ2v) is 5.67. The maximum absolute atomic E-state index is 12.7. The van der Waals surface area contributed by atoms with Gasteiger partial charge in [0.1, 0.15) is 5.69 Å². The van der Waals surface area contributed by atoms with E-state index in [0.717, 1.165) is 12.1 Å². The van der Waals surface area contributed by atoms with Crippen LogP contribution in [0, 0.1) is 10.1 Å². The third-order valence-corrected chi connectivity index (χ3v) is 3.92. The number of nitrogens with one attached hydrogen (secondary N) is 1. The van der Waals surface area contributed by atoms with E-state index in [1.54, 1.807) is 24.3 Å². The molecule has 0 atom stereocenters. The molecular formula is C17H13F3N4O3. The molecule has 0 spiro atoms. The summed E-state index contributed by atoms with van der Waals surface area (Å²) in [6.07, 6.45) is -3.32. The normalized spacial score (nSPS) is 11.5. The number of halogens is 3. The number of hydrogen-bond donors (Lipinski definition) is 1. The smallest absolute Gasteiger partial charge is 0.378 e. The van der Waals surface area contributed by atoms with Gasteiger partial charge in [0, 0.05) is 19.2 Å². The molecule has 0 amide bonds. The lowest BCUT2D eigenvalue weighted by atomic mass is 10.1. The van der Waals surface area contributed by atoms with Crippen LogP contribution < -0.4 is 10.9 Å². The fraction of sp³-hybridized carbons (Fsp3) is 0.176. The van der Waals surface area contributed by atoms with Crippen molar-refractivity contribution in [3.05, 3.63) is 74.8 Å². The van der Waals surface area contributed by atoms with E-state index in [9.17, 15) is 28.1 Å². The van der Waals surface area contributed by atoms with Crippen LogP contribution in [0.2, 0.25) is 0 Å². The summed E-state index contributed by atoms with van der Waals surface area (Å²) in [5.41, 5.74) is -1.58. The molecule has 0 saturated carbocycles. The predicted octanol–water partition coefficient (Wildman–Crippen LogP) is 3.44. The zero-order valence-electron chi connectivity index (χ0n) is 13.7. The van der Waals surface area contributed by atoms with Gasteiger partial charge in [-0.25, -0.2) is 4.98 Å². The van der Waals surface area contributed by atoms with E-state index in [0.29, 0.717) is 17.0 Å². The van der Waals surface area contributed by atoms with Gasteiger partial charge in [-0.15, -0.1) is 0 Å². The van der Waals surface area contributed by atoms with Gasteiger partial charge in [-0.3, -0.25) is 19.5 Å². The summed E-state index contributed by atoms with van der Waals surface area (Å²) >= 11 is 0. The Morgan fingerprint density at radius 3 is 2.63 bits per heavy atom. The maximum Gasteiger partial charge on any atom is 0.416 e. The summed E-state index contributed by atoms with van der Waals surface area (Å²) in [5, 5.41) is 14.2. The largest absolute Gasteiger partial charge is 0.416 e. The first-order valence-corrected chi connectivity index (χ1v) is 7.81. The Kier molecular flexibility index (Phi) is 4.80. The standard InChI is InChI=1S/C17H13F3N4O3/c18-17(19,20)11-5-6-14(15(9-11)24(26)27)21-7-8-23-10-22-13-4-2-1-3-12(13)16(23)25/h1-6,9-10,21H,7-8H2. The van der Waals surface area contributed by atoms with Crippen molar-refractivity contribution >= 4 is 22.3 Å². The molecule has 0 bridgehead atoms. The van der Waals surface area contributed by atoms with E-state index in [1.807, 2.05) is 0 Å². The first kappa shape index (κ1) is 18.4. The number of rotatable bonds is 5. The van der Waals surface area contributed by atoms with Gasteiger partial charge in [0.15, 0.2) is 0 Å². The van der Waals surface area contributed by atoms with Crippen molar-refractivity contribution in [3.63, 3.8) is 0 Å². The molecule has 2 aromatic carbocycles. The Morgan fingerprint density at radius 1 is 1.19 bits per heavy atom. The second-order valence-electron chi connectivity index (χ2n) is 5.67. The summed E-state index contributed by atoms with van der Waals surface area (Å²) in [4.78, 5) is 26.7. The van der Waals surface area contributed by atoms with Crippen LogP contribution in [0.3, 0.4) is 0 Å². The van der Waals surface area contributed by atoms with Crippen LogP contribution >= 0.6 is 0 Å². The average Bonchev–Trinajstić information content (AvgIpc) is 2.63. The van der Waals surface area contributed by atoms with Crippen LogP contribution in [0.5, 0.6) is 0 Å². The number of hydrogen-bond acceptors (Lipinski definition) is 5. The molecule has 0 unspecified atom stereocenters. The Labute approximate surface area is 150 Å². The molecule has 0 saturated heterocycles. The van der Waals surface area contributed by atoms with Crippen molar-refractivity contribution < 1.29 is 18.1 Å². The van der Waals surface area contributed by atoms with Gasteiger partial charge >= 0.3 is 6.18 Å². The number of nitrogens with zero attached hydrogens (tertiary/aromatic N) is 3. The van der Waals surface area contributed by atoms with Gasteiger partial charge < -0.3 is 5.32 Å². The molecule has 140 valence electrons. The van der Waals surface area contributed by atoms with Gasteiger partial charge in [0.2, 0.25) is 0 Å². The first-order chi connectivity index (χ1) is 12.8. The quantitative estimate of drug-likeness (QED) is 0.543. The molecule has 1 N–H and O–H groups in total. The van der Waals surface area contributed by atoms with Crippen LogP contribution in [0.15, 0.2) is 53.6 Å². The number of nitro groups is 1. The summed E-state index contributed by atoms with van der Waals surface area (Å²) in [5.74, 6) is 0. The number of alkyl halides is 3. The van der Waals surface area contributed by atoms with E-state index in [-0.39, 0.29) is 24.3 Å². The minimum Gasteiger partial charge on any atom is -0.378 e. The highest BCUT2D eigenvalue weighted by molar-refractivity contribution is 5.76. The summed E-state index contributed by atoms with van der Waals surface area (Å²) in [6, 6.07) is 9.04. The number of para-hydroxylation sites is 1. The Bertz CT molecular complexity index is 1060. The van der Waals surface area contributed by atoms with E-state index in [2.05, 4.69) is 10.3 Å². The van der Waals surface area contributed by atoms with E-state index < -0.39 is 22.4 Å². The molecule has 7 nitrogen and oxygen atoms in total. The van der Waals surface area contributed by atoms with Gasteiger partial charge in [-0.1, -0.05) is 12.1 Å². The average molecular weight is 378 g/mol. The number of anilines is 1. The molecule has 0 radical (unpaired) electrons. The molecule has 27 heavy (non-hydrogen) atoms. The van der Waals surface area contributed by atoms with Gasteiger partial charge in [0.25, 0.3) is 11.2 Å². The van der Waals surface area contributed by atoms with E-state index in [1.165, 1.54) is 10.9 Å². The van der Waals surface area contributed by atoms with E-state index in [4.69, 9.17) is 0 Å². The lowest BCUT2D eigenvalue weighted by Gasteiger charge is -2.11. The minimum atomic E-state index is -4.67. The summed E-state index contributed by atoms with van der Waals surface area (Å²) in [6.45, 7) is 0.223. The third kappa shape index (κ3) is 3.89. The number of aromatic nitrogens is 2. The Balaban J connectivity index is 1.78. The van der Waals surface area contributed by atoms with Crippen molar-refractivity contribution in [2.24, 2.45) is 0 Å². The Hall–Kier alpha value is -3.43.